The van der Waals surface area contributed by atoms with E-state index >= 15 is 0 Å². The van der Waals surface area contributed by atoms with Gasteiger partial charge in [0.15, 0.2) is 0 Å². The van der Waals surface area contributed by atoms with E-state index in [-0.39, 0.29) is 0 Å². The van der Waals surface area contributed by atoms with Crippen LogP contribution in [-0.4, -0.2) is 9.84 Å². The summed E-state index contributed by atoms with van der Waals surface area (Å²) in [5, 5.41) is 0. The molecule has 0 aliphatic rings. The monoisotopic (exact) mass is 437 g/mol. The van der Waals surface area contributed by atoms with Crippen LogP contribution < -0.4 is 0 Å². The molecule has 0 spiro atoms. The van der Waals surface area contributed by atoms with Gasteiger partial charge in [-0.15, -0.1) is 0 Å². The van der Waals surface area contributed by atoms with E-state index in [0.717, 1.165) is 0 Å². The third kappa shape index (κ3) is 20.6. The van der Waals surface area contributed by atoms with E-state index in [1.54, 1.807) is 0 Å². The lowest BCUT2D eigenvalue weighted by atomic mass is 27.1. The minimum Gasteiger partial charge on any atom is -0.0956 e. The molecule has 29 valence electrons. The first-order chi connectivity index (χ1) is 2.00. The van der Waals surface area contributed by atoms with Crippen LogP contribution in [0.25, 0.3) is 0 Å². The zero-order chi connectivity index (χ0) is 4.50. The normalized spacial score (nSPS) is 12.0. The molecule has 0 saturated carbocycles. The Bertz CT molecular complexity index is 20.4. The Morgan fingerprint density at radius 3 is 1.20 bits per heavy atom. The van der Waals surface area contributed by atoms with E-state index in [1.165, 1.54) is 0 Å². The summed E-state index contributed by atoms with van der Waals surface area (Å²) < 4.78 is -0.896. The fraction of sp³-hybridized carbons (Fsp3) is 0. The molecule has 0 aromatic carbocycles. The molecule has 0 amide bonds. The highest BCUT2D eigenvalue weighted by Crippen LogP contribution is 2.23. The quantitative estimate of drug-likeness (QED) is 0.309. The second-order valence-electron chi connectivity index (χ2n) is 0.498. The minimum atomic E-state index is -0.896. The van der Waals surface area contributed by atoms with Crippen molar-refractivity contribution in [2.45, 2.75) is 0 Å². The van der Waals surface area contributed by atoms with Gasteiger partial charge in [-0.05, 0) is 0 Å². The molecular weight excluding hydrogens is 437 g/mol. The van der Waals surface area contributed by atoms with E-state index < -0.39 is 0.0813 Å². The largest absolute Gasteiger partial charge is 0.233 e. The lowest BCUT2D eigenvalue weighted by molar-refractivity contribution is 4.58. The van der Waals surface area contributed by atoms with Gasteiger partial charge in [-0.1, -0.05) is 65.4 Å². The van der Waals surface area contributed by atoms with Gasteiger partial charge in [-0.2, -0.15) is 0 Å². The fourth-order valence-corrected chi connectivity index (χ4v) is 0. The highest BCUT2D eigenvalue weighted by atomic mass is 127. The van der Waals surface area contributed by atoms with Crippen molar-refractivity contribution in [1.29, 1.82) is 0 Å². The van der Waals surface area contributed by atoms with Crippen LogP contribution in [0.3, 0.4) is 0 Å². The van der Waals surface area contributed by atoms with Gasteiger partial charge >= 0.3 is 0 Å². The van der Waals surface area contributed by atoms with Crippen molar-refractivity contribution in [2.75, 3.05) is 0 Å². The summed E-state index contributed by atoms with van der Waals surface area (Å²) in [6, 6.07) is 0. The second-order valence-corrected chi connectivity index (χ2v) is 46.0. The molecule has 0 saturated heterocycles. The summed E-state index contributed by atoms with van der Waals surface area (Å²) >= 11 is 7.21. The third-order valence-corrected chi connectivity index (χ3v) is 0. The number of halogens is 3. The van der Waals surface area contributed by atoms with Crippen LogP contribution in [0.1, 0.15) is 0 Å². The Morgan fingerprint density at radius 1 is 1.20 bits per heavy atom. The van der Waals surface area contributed by atoms with E-state index in [1.807, 2.05) is 0 Å². The summed E-state index contributed by atoms with van der Waals surface area (Å²) in [6.07, 6.45) is 0. The van der Waals surface area contributed by atoms with Gasteiger partial charge in [0.1, 0.15) is 0 Å². The van der Waals surface area contributed by atoms with E-state index in [4.69, 9.17) is 0 Å². The first-order valence-corrected chi connectivity index (χ1v) is 13.7. The first-order valence-electron chi connectivity index (χ1n) is 0.817. The van der Waals surface area contributed by atoms with Crippen molar-refractivity contribution in [3.63, 3.8) is 0 Å². The van der Waals surface area contributed by atoms with Crippen molar-refractivity contribution in [1.82, 2.24) is 0 Å². The van der Waals surface area contributed by atoms with Crippen LogP contribution in [0.5, 0.6) is 0 Å². The van der Waals surface area contributed by atoms with E-state index in [2.05, 4.69) is 75.2 Å². The summed E-state index contributed by atoms with van der Waals surface area (Å²) in [4.78, 5) is 0. The molecular formula is I3Si2. The van der Waals surface area contributed by atoms with Crippen molar-refractivity contribution in [2.24, 2.45) is 0 Å². The fourth-order valence-electron chi connectivity index (χ4n) is 0. The Labute approximate surface area is 73.7 Å². The van der Waals surface area contributed by atoms with E-state index in [9.17, 15) is 0 Å². The summed E-state index contributed by atoms with van der Waals surface area (Å²) in [5.74, 6) is 0. The Morgan fingerprint density at radius 2 is 1.20 bits per heavy atom. The van der Waals surface area contributed by atoms with Crippen LogP contribution in [-0.2, 0) is 0 Å². The molecule has 0 aromatic rings. The second kappa shape index (κ2) is 2.82. The Kier molecular flexibility index (Phi) is 4.30. The van der Waals surface area contributed by atoms with Crippen LogP contribution >= 0.6 is 65.4 Å². The summed E-state index contributed by atoms with van der Waals surface area (Å²) in [7, 11) is 3.52. The average Bonchev–Trinajstić information content (AvgIpc) is 0.722. The predicted molar refractivity (Wildman–Crippen MR) is 53.6 cm³/mol. The van der Waals surface area contributed by atoms with Gasteiger partial charge in [0.2, 0.25) is 0.0813 Å². The molecule has 5 heteroatoms. The highest BCUT2D eigenvalue weighted by Gasteiger charge is 2.09. The molecule has 0 aliphatic heterocycles. The molecule has 0 bridgehead atoms. The van der Waals surface area contributed by atoms with Crippen molar-refractivity contribution in [3.8, 4) is 0 Å². The van der Waals surface area contributed by atoms with Gasteiger partial charge in [-0.3, -0.25) is 0 Å². The van der Waals surface area contributed by atoms with Crippen LogP contribution in [0.2, 0.25) is 0 Å². The lowest BCUT2D eigenvalue weighted by Crippen LogP contribution is -2.02. The maximum absolute atomic E-state index is 3.52. The number of rotatable bonds is 0. The molecule has 0 nitrogen and oxygen atoms in total. The summed E-state index contributed by atoms with van der Waals surface area (Å²) in [5.41, 5.74) is 0. The molecule has 0 N–H and O–H groups in total. The van der Waals surface area contributed by atoms with Crippen molar-refractivity contribution in [3.05, 3.63) is 0 Å². The lowest BCUT2D eigenvalue weighted by Gasteiger charge is -1.92. The summed E-state index contributed by atoms with van der Waals surface area (Å²) in [6.45, 7) is 0. The van der Waals surface area contributed by atoms with Crippen LogP contribution in [0.4, 0.5) is 0 Å². The molecule has 0 aliphatic carbocycles. The molecule has 0 aromatic heterocycles. The van der Waals surface area contributed by atoms with E-state index in [0.29, 0.717) is 0 Å². The van der Waals surface area contributed by atoms with Crippen molar-refractivity contribution >= 4 is 75.2 Å². The number of hydrogen-bond acceptors (Lipinski definition) is 0. The molecule has 0 unspecified atom stereocenters. The molecule has 3 radical (unpaired) electrons. The van der Waals surface area contributed by atoms with Gasteiger partial charge in [0.25, 0.3) is 0 Å². The van der Waals surface area contributed by atoms with Gasteiger partial charge in [-0.25, -0.2) is 0 Å². The molecule has 0 rings (SSSR count). The smallest absolute Gasteiger partial charge is 0.0956 e. The zero-order valence-electron chi connectivity index (χ0n) is 2.13. The van der Waals surface area contributed by atoms with Crippen LogP contribution in [0.15, 0.2) is 0 Å². The first kappa shape index (κ1) is 7.62. The molecule has 0 atom stereocenters. The number of hydrogen-bond donors (Lipinski definition) is 0. The maximum Gasteiger partial charge on any atom is 0.233 e. The molecule has 0 heterocycles. The molecule has 5 heavy (non-hydrogen) atoms. The minimum absolute atomic E-state index is 0.896. The SMILES string of the molecule is [Si][Si](I)(I)I. The zero-order valence-corrected chi connectivity index (χ0v) is 10.6. The maximum atomic E-state index is 3.52. The Balaban J connectivity index is 3.02. The molecule has 0 fully saturated rings. The topological polar surface area (TPSA) is 0 Å². The van der Waals surface area contributed by atoms with Gasteiger partial charge < -0.3 is 0 Å². The average molecular weight is 437 g/mol. The van der Waals surface area contributed by atoms with Gasteiger partial charge in [0, 0.05) is 0 Å². The van der Waals surface area contributed by atoms with Crippen molar-refractivity contribution < 1.29 is 0 Å². The van der Waals surface area contributed by atoms with Gasteiger partial charge in [0.05, 0.1) is 9.76 Å². The predicted octanol–water partition coefficient (Wildman–Crippen LogP) is 1.90. The third-order valence-electron chi connectivity index (χ3n) is 0. The van der Waals surface area contributed by atoms with Crippen LogP contribution in [0, 0.1) is 0 Å². The Hall–Kier alpha value is 2.62. The standard InChI is InChI=1S/I3Si2/c1-5(2,3)4. The highest BCUT2D eigenvalue weighted by molar-refractivity contribution is 14.4.